The molecule has 0 saturated heterocycles. The Morgan fingerprint density at radius 2 is 1.21 bits per heavy atom. The van der Waals surface area contributed by atoms with Gasteiger partial charge in [-0.3, -0.25) is 33.6 Å². The Bertz CT molecular complexity index is 1340. The molecule has 1 aromatic rings. The molecule has 0 aliphatic carbocycles. The maximum Gasteiger partial charge on any atom is 0.305 e. The minimum atomic E-state index is -1.52. The number of benzene rings is 1. The summed E-state index contributed by atoms with van der Waals surface area (Å²) in [6.07, 6.45) is 0.963. The lowest BCUT2D eigenvalue weighted by molar-refractivity contribution is -0.141. The summed E-state index contributed by atoms with van der Waals surface area (Å²) in [6.45, 7) is 12.2. The first kappa shape index (κ1) is 45.5. The van der Waals surface area contributed by atoms with E-state index >= 15 is 0 Å². The fraction of sp³-hybridized carbons (Fsp3) is 0.649. The number of likely N-dealkylation sites (N-methyl/N-ethyl adjacent to an activating group) is 1. The standard InChI is InChI=1S/C37H60N6O9/c1-9-11-15-23(6)32(47)39-27(19-25-16-13-12-14-17-25)35(50)43-31(24(7)44)37(52)42-30(22(5)10-2)36(51)41-26(18-21(3)4)34(49)40-28(20-29(45)46)33(48)38-8/h12-14,16-17,21-24,26-28,30-31,44H,9-11,15,18-20H2,1-8H3,(H,38,48)(H,39,47)(H,40,49)(H,41,51)(H,42,52)(H,43,50)(H,45,46)/t22-,23-,24+,26-,27+,28-,30?,31?/m0/s1. The summed E-state index contributed by atoms with van der Waals surface area (Å²) in [7, 11) is 1.30. The molecule has 0 spiro atoms. The smallest absolute Gasteiger partial charge is 0.305 e. The van der Waals surface area contributed by atoms with Crippen LogP contribution in [0.1, 0.15) is 92.6 Å². The maximum atomic E-state index is 13.7. The second-order valence-electron chi connectivity index (χ2n) is 13.9. The number of carboxylic acids is 1. The summed E-state index contributed by atoms with van der Waals surface area (Å²) in [6, 6.07) is 2.64. The summed E-state index contributed by atoms with van der Waals surface area (Å²) in [5, 5.41) is 35.2. The van der Waals surface area contributed by atoms with E-state index in [0.29, 0.717) is 12.8 Å². The van der Waals surface area contributed by atoms with Gasteiger partial charge in [-0.05, 0) is 37.2 Å². The van der Waals surface area contributed by atoms with Gasteiger partial charge in [0.2, 0.25) is 35.4 Å². The molecule has 15 nitrogen and oxygen atoms in total. The van der Waals surface area contributed by atoms with Crippen molar-refractivity contribution in [2.75, 3.05) is 7.05 Å². The van der Waals surface area contributed by atoms with Crippen LogP contribution < -0.4 is 31.9 Å². The quantitative estimate of drug-likeness (QED) is 0.0806. The van der Waals surface area contributed by atoms with Crippen molar-refractivity contribution in [1.29, 1.82) is 0 Å². The van der Waals surface area contributed by atoms with Crippen molar-refractivity contribution in [1.82, 2.24) is 31.9 Å². The van der Waals surface area contributed by atoms with Gasteiger partial charge in [-0.15, -0.1) is 0 Å². The van der Waals surface area contributed by atoms with Crippen LogP contribution in [0, 0.1) is 17.8 Å². The number of hydrogen-bond acceptors (Lipinski definition) is 8. The molecule has 0 heterocycles. The van der Waals surface area contributed by atoms with Gasteiger partial charge in [-0.2, -0.15) is 0 Å². The van der Waals surface area contributed by atoms with Crippen molar-refractivity contribution in [2.45, 2.75) is 130 Å². The number of carboxylic acid groups (broad SMARTS) is 1. The van der Waals surface area contributed by atoms with E-state index in [4.69, 9.17) is 0 Å². The lowest BCUT2D eigenvalue weighted by atomic mass is 9.96. The van der Waals surface area contributed by atoms with Gasteiger partial charge in [0.25, 0.3) is 0 Å². The van der Waals surface area contributed by atoms with Crippen molar-refractivity contribution in [2.24, 2.45) is 17.8 Å². The third kappa shape index (κ3) is 15.8. The molecule has 0 aromatic heterocycles. The molecule has 52 heavy (non-hydrogen) atoms. The number of amides is 6. The summed E-state index contributed by atoms with van der Waals surface area (Å²) < 4.78 is 0. The van der Waals surface area contributed by atoms with Crippen LogP contribution in [0.15, 0.2) is 30.3 Å². The van der Waals surface area contributed by atoms with Crippen LogP contribution in [0.2, 0.25) is 0 Å². The maximum absolute atomic E-state index is 13.7. The Hall–Kier alpha value is -4.53. The number of carbonyl (C=O) groups is 7. The number of aliphatic hydroxyl groups is 1. The molecule has 1 aromatic carbocycles. The molecular formula is C37H60N6O9. The highest BCUT2D eigenvalue weighted by Gasteiger charge is 2.36. The van der Waals surface area contributed by atoms with E-state index in [2.05, 4.69) is 31.9 Å². The minimum Gasteiger partial charge on any atom is -0.481 e. The van der Waals surface area contributed by atoms with Gasteiger partial charge < -0.3 is 42.1 Å². The Kier molecular flexibility index (Phi) is 20.2. The topological polar surface area (TPSA) is 232 Å². The van der Waals surface area contributed by atoms with Crippen LogP contribution in [0.4, 0.5) is 0 Å². The van der Waals surface area contributed by atoms with Gasteiger partial charge in [0.1, 0.15) is 30.2 Å². The predicted molar refractivity (Wildman–Crippen MR) is 195 cm³/mol. The van der Waals surface area contributed by atoms with Crippen molar-refractivity contribution in [3.05, 3.63) is 35.9 Å². The van der Waals surface area contributed by atoms with Crippen molar-refractivity contribution < 1.29 is 43.8 Å². The molecule has 0 bridgehead atoms. The zero-order valence-electron chi connectivity index (χ0n) is 31.8. The van der Waals surface area contributed by atoms with E-state index in [9.17, 15) is 43.8 Å². The molecule has 0 fully saturated rings. The number of nitrogens with one attached hydrogen (secondary N) is 6. The van der Waals surface area contributed by atoms with Gasteiger partial charge in [0.05, 0.1) is 12.5 Å². The highest BCUT2D eigenvalue weighted by Crippen LogP contribution is 2.14. The largest absolute Gasteiger partial charge is 0.481 e. The Labute approximate surface area is 307 Å². The van der Waals surface area contributed by atoms with Crippen LogP contribution in [0.3, 0.4) is 0 Å². The Morgan fingerprint density at radius 3 is 1.73 bits per heavy atom. The van der Waals surface area contributed by atoms with Gasteiger partial charge in [0, 0.05) is 19.4 Å². The monoisotopic (exact) mass is 732 g/mol. The summed E-state index contributed by atoms with van der Waals surface area (Å²) in [5.74, 6) is -6.38. The average molecular weight is 733 g/mol. The number of hydrogen-bond donors (Lipinski definition) is 8. The Balaban J connectivity index is 3.28. The third-order valence-electron chi connectivity index (χ3n) is 8.81. The van der Waals surface area contributed by atoms with E-state index in [1.165, 1.54) is 14.0 Å². The predicted octanol–water partition coefficient (Wildman–Crippen LogP) is 1.17. The van der Waals surface area contributed by atoms with E-state index in [1.54, 1.807) is 45.0 Å². The molecule has 8 atom stereocenters. The molecule has 0 radical (unpaired) electrons. The Morgan fingerprint density at radius 1 is 0.673 bits per heavy atom. The van der Waals surface area contributed by atoms with Crippen molar-refractivity contribution in [3.8, 4) is 0 Å². The van der Waals surface area contributed by atoms with Crippen LogP contribution >= 0.6 is 0 Å². The molecule has 15 heteroatoms. The highest BCUT2D eigenvalue weighted by atomic mass is 16.4. The second kappa shape index (κ2) is 23.1. The molecule has 8 N–H and O–H groups in total. The summed E-state index contributed by atoms with van der Waals surface area (Å²) >= 11 is 0. The molecule has 0 aliphatic rings. The molecule has 2 unspecified atom stereocenters. The third-order valence-corrected chi connectivity index (χ3v) is 8.81. The van der Waals surface area contributed by atoms with Crippen LogP contribution in [-0.2, 0) is 40.0 Å². The first-order valence-electron chi connectivity index (χ1n) is 18.1. The van der Waals surface area contributed by atoms with Crippen LogP contribution in [0.25, 0.3) is 0 Å². The second-order valence-corrected chi connectivity index (χ2v) is 13.9. The van der Waals surface area contributed by atoms with Crippen molar-refractivity contribution >= 4 is 41.4 Å². The van der Waals surface area contributed by atoms with Gasteiger partial charge in [-0.1, -0.05) is 91.1 Å². The average Bonchev–Trinajstić information content (AvgIpc) is 3.09. The van der Waals surface area contributed by atoms with Gasteiger partial charge in [0.15, 0.2) is 0 Å². The summed E-state index contributed by atoms with van der Waals surface area (Å²) in [5.41, 5.74) is 0.764. The van der Waals surface area contributed by atoms with Crippen molar-refractivity contribution in [3.63, 3.8) is 0 Å². The molecule has 0 saturated carbocycles. The number of aliphatic carboxylic acids is 1. The van der Waals surface area contributed by atoms with Crippen LogP contribution in [-0.4, -0.2) is 95.0 Å². The lowest BCUT2D eigenvalue weighted by Gasteiger charge is -2.30. The fourth-order valence-corrected chi connectivity index (χ4v) is 5.41. The van der Waals surface area contributed by atoms with Gasteiger partial charge in [-0.25, -0.2) is 0 Å². The SMILES string of the molecule is CCCC[C@H](C)C(=O)N[C@H](Cc1ccccc1)C(=O)NC(C(=O)NC(C(=O)N[C@@H](CC(C)C)C(=O)N[C@@H](CC(=O)O)C(=O)NC)[C@@H](C)CC)[C@@H](C)O. The lowest BCUT2D eigenvalue weighted by Crippen LogP contribution is -2.62. The molecule has 292 valence electrons. The highest BCUT2D eigenvalue weighted by molar-refractivity contribution is 5.97. The van der Waals surface area contributed by atoms with E-state index in [-0.39, 0.29) is 30.6 Å². The van der Waals surface area contributed by atoms with Crippen LogP contribution in [0.5, 0.6) is 0 Å². The molecule has 0 aliphatic heterocycles. The normalized spacial score (nSPS) is 15.7. The zero-order valence-corrected chi connectivity index (χ0v) is 31.8. The minimum absolute atomic E-state index is 0.112. The molecule has 1 rings (SSSR count). The number of aliphatic hydroxyl groups excluding tert-OH is 1. The summed E-state index contributed by atoms with van der Waals surface area (Å²) in [4.78, 5) is 91.1. The molecular weight excluding hydrogens is 672 g/mol. The zero-order chi connectivity index (χ0) is 39.5. The number of carbonyl (C=O) groups excluding carboxylic acids is 6. The number of unbranched alkanes of at least 4 members (excludes halogenated alkanes) is 1. The van der Waals surface area contributed by atoms with E-state index < -0.39 is 84.2 Å². The first-order valence-corrected chi connectivity index (χ1v) is 18.1. The van der Waals surface area contributed by atoms with Gasteiger partial charge >= 0.3 is 5.97 Å². The fourth-order valence-electron chi connectivity index (χ4n) is 5.41. The number of rotatable bonds is 23. The van der Waals surface area contributed by atoms with E-state index in [0.717, 1.165) is 18.4 Å². The first-order chi connectivity index (χ1) is 24.4. The van der Waals surface area contributed by atoms with E-state index in [1.807, 2.05) is 26.8 Å². The molecule has 6 amide bonds.